The van der Waals surface area contributed by atoms with Crippen molar-refractivity contribution in [2.75, 3.05) is 28.2 Å². The molecule has 0 radical (unpaired) electrons. The number of hydrogen-bond acceptors (Lipinski definition) is 3. The highest BCUT2D eigenvalue weighted by atomic mass is 31.1. The van der Waals surface area contributed by atoms with E-state index in [1.54, 1.807) is 0 Å². The largest absolute Gasteiger partial charge is 0.274 e. The van der Waals surface area contributed by atoms with Gasteiger partial charge in [0.05, 0.1) is 0 Å². The molecule has 3 nitrogen and oxygen atoms in total. The summed E-state index contributed by atoms with van der Waals surface area (Å²) < 4.78 is 2.12. The predicted octanol–water partition coefficient (Wildman–Crippen LogP) is 0.214. The summed E-state index contributed by atoms with van der Waals surface area (Å²) in [5, 5.41) is 6.26. The lowest BCUT2D eigenvalue weighted by Crippen LogP contribution is -2.22. The normalized spacial score (nSPS) is 11.2. The standard InChI is InChI=1S/C4H14N3P/c1-5-8(6-2)7(3)4/h5-6H,1-4H3. The van der Waals surface area contributed by atoms with Gasteiger partial charge in [-0.05, 0) is 28.2 Å². The lowest BCUT2D eigenvalue weighted by atomic mass is 11.3. The summed E-state index contributed by atoms with van der Waals surface area (Å²) in [4.78, 5) is 0. The Morgan fingerprint density at radius 3 is 1.50 bits per heavy atom. The molecule has 0 heterocycles. The minimum Gasteiger partial charge on any atom is -0.274 e. The smallest absolute Gasteiger partial charge is 0.113 e. The van der Waals surface area contributed by atoms with Crippen LogP contribution in [0.1, 0.15) is 0 Å². The highest BCUT2D eigenvalue weighted by Crippen LogP contribution is 2.23. The number of nitrogens with one attached hydrogen (secondary N) is 2. The van der Waals surface area contributed by atoms with Crippen LogP contribution < -0.4 is 10.2 Å². The summed E-state index contributed by atoms with van der Waals surface area (Å²) in [6, 6.07) is 0. The van der Waals surface area contributed by atoms with E-state index in [0.29, 0.717) is 0 Å². The Balaban J connectivity index is 3.35. The molecule has 0 aliphatic heterocycles. The third-order valence-electron chi connectivity index (χ3n) is 0.824. The van der Waals surface area contributed by atoms with Gasteiger partial charge in [0, 0.05) is 0 Å². The van der Waals surface area contributed by atoms with Gasteiger partial charge in [-0.3, -0.25) is 14.8 Å². The van der Waals surface area contributed by atoms with Crippen molar-refractivity contribution in [1.29, 1.82) is 0 Å². The van der Waals surface area contributed by atoms with Gasteiger partial charge >= 0.3 is 0 Å². The van der Waals surface area contributed by atoms with Gasteiger partial charge < -0.3 is 0 Å². The monoisotopic (exact) mass is 135 g/mol. The third kappa shape index (κ3) is 2.58. The van der Waals surface area contributed by atoms with Crippen molar-refractivity contribution >= 4 is 8.37 Å². The molecular formula is C4H14N3P. The van der Waals surface area contributed by atoms with E-state index < -0.39 is 0 Å². The molecule has 2 N–H and O–H groups in total. The maximum Gasteiger partial charge on any atom is 0.113 e. The minimum atomic E-state index is -0.282. The molecule has 0 saturated heterocycles. The van der Waals surface area contributed by atoms with E-state index in [1.165, 1.54) is 0 Å². The van der Waals surface area contributed by atoms with E-state index in [-0.39, 0.29) is 8.37 Å². The molecule has 0 bridgehead atoms. The van der Waals surface area contributed by atoms with Crippen LogP contribution in [0.5, 0.6) is 0 Å². The van der Waals surface area contributed by atoms with Crippen LogP contribution in [0.25, 0.3) is 0 Å². The molecule has 0 fully saturated rings. The molecule has 0 aliphatic rings. The van der Waals surface area contributed by atoms with Crippen LogP contribution in [0.2, 0.25) is 0 Å². The van der Waals surface area contributed by atoms with Crippen molar-refractivity contribution in [3.63, 3.8) is 0 Å². The van der Waals surface area contributed by atoms with Crippen LogP contribution in [0.4, 0.5) is 0 Å². The number of hydrogen-bond donors (Lipinski definition) is 2. The second-order valence-corrected chi connectivity index (χ2v) is 3.92. The first kappa shape index (κ1) is 8.31. The quantitative estimate of drug-likeness (QED) is 0.542. The lowest BCUT2D eigenvalue weighted by Gasteiger charge is -2.21. The summed E-state index contributed by atoms with van der Waals surface area (Å²) in [6.45, 7) is 0. The number of nitrogens with zero attached hydrogens (tertiary/aromatic N) is 1. The Kier molecular flexibility index (Phi) is 4.38. The minimum absolute atomic E-state index is 0.282. The van der Waals surface area contributed by atoms with E-state index in [2.05, 4.69) is 14.8 Å². The molecule has 0 aromatic carbocycles. The average molecular weight is 135 g/mol. The summed E-state index contributed by atoms with van der Waals surface area (Å²) in [5.41, 5.74) is 0. The molecule has 0 aromatic rings. The Morgan fingerprint density at radius 2 is 1.50 bits per heavy atom. The van der Waals surface area contributed by atoms with E-state index in [1.807, 2.05) is 28.2 Å². The molecule has 0 aromatic heterocycles. The maximum absolute atomic E-state index is 3.13. The fourth-order valence-electron chi connectivity index (χ4n) is 0.512. The van der Waals surface area contributed by atoms with Crippen LogP contribution in [-0.4, -0.2) is 32.9 Å². The van der Waals surface area contributed by atoms with Gasteiger partial charge in [0.15, 0.2) is 0 Å². The zero-order chi connectivity index (χ0) is 6.57. The average Bonchev–Trinajstić information content (AvgIpc) is 1.69. The molecule has 0 atom stereocenters. The van der Waals surface area contributed by atoms with Gasteiger partial charge in [-0.2, -0.15) is 0 Å². The summed E-state index contributed by atoms with van der Waals surface area (Å²) in [5.74, 6) is 0. The van der Waals surface area contributed by atoms with Crippen LogP contribution in [-0.2, 0) is 0 Å². The molecule has 50 valence electrons. The van der Waals surface area contributed by atoms with E-state index >= 15 is 0 Å². The Hall–Kier alpha value is 0.310. The molecular weight excluding hydrogens is 121 g/mol. The molecule has 8 heavy (non-hydrogen) atoms. The van der Waals surface area contributed by atoms with Crippen molar-refractivity contribution < 1.29 is 0 Å². The molecule has 0 amide bonds. The highest BCUT2D eigenvalue weighted by molar-refractivity contribution is 7.50. The van der Waals surface area contributed by atoms with Gasteiger partial charge in [-0.15, -0.1) is 0 Å². The van der Waals surface area contributed by atoms with E-state index in [4.69, 9.17) is 0 Å². The highest BCUT2D eigenvalue weighted by Gasteiger charge is 2.01. The molecule has 0 spiro atoms. The first-order chi connectivity index (χ1) is 3.72. The molecule has 0 unspecified atom stereocenters. The second-order valence-electron chi connectivity index (χ2n) is 1.61. The zero-order valence-corrected chi connectivity index (χ0v) is 6.79. The fraction of sp³-hybridized carbons (Fsp3) is 1.00. The van der Waals surface area contributed by atoms with Crippen LogP contribution in [0.3, 0.4) is 0 Å². The molecule has 0 saturated carbocycles. The van der Waals surface area contributed by atoms with Gasteiger partial charge in [-0.25, -0.2) is 0 Å². The molecule has 4 heteroatoms. The van der Waals surface area contributed by atoms with Crippen molar-refractivity contribution in [3.8, 4) is 0 Å². The van der Waals surface area contributed by atoms with Gasteiger partial charge in [0.2, 0.25) is 0 Å². The topological polar surface area (TPSA) is 27.3 Å². The lowest BCUT2D eigenvalue weighted by molar-refractivity contribution is 0.656. The van der Waals surface area contributed by atoms with Crippen molar-refractivity contribution in [2.24, 2.45) is 0 Å². The van der Waals surface area contributed by atoms with Crippen molar-refractivity contribution in [3.05, 3.63) is 0 Å². The fourth-order valence-corrected chi connectivity index (χ4v) is 1.54. The Morgan fingerprint density at radius 1 is 1.12 bits per heavy atom. The van der Waals surface area contributed by atoms with Gasteiger partial charge in [0.1, 0.15) is 8.37 Å². The van der Waals surface area contributed by atoms with E-state index in [0.717, 1.165) is 0 Å². The van der Waals surface area contributed by atoms with Crippen LogP contribution in [0, 0.1) is 0 Å². The first-order valence-electron chi connectivity index (χ1n) is 2.54. The summed E-state index contributed by atoms with van der Waals surface area (Å²) in [7, 11) is 7.69. The first-order valence-corrected chi connectivity index (χ1v) is 3.84. The van der Waals surface area contributed by atoms with Crippen molar-refractivity contribution in [1.82, 2.24) is 14.8 Å². The number of rotatable bonds is 3. The SMILES string of the molecule is CNP(NC)N(C)C. The Labute approximate surface area is 52.4 Å². The van der Waals surface area contributed by atoms with Crippen LogP contribution in [0.15, 0.2) is 0 Å². The summed E-state index contributed by atoms with van der Waals surface area (Å²) in [6.07, 6.45) is 0. The predicted molar refractivity (Wildman–Crippen MR) is 38.7 cm³/mol. The maximum atomic E-state index is 3.13. The molecule has 0 aliphatic carbocycles. The Bertz CT molecular complexity index is 53.2. The zero-order valence-electron chi connectivity index (χ0n) is 5.89. The van der Waals surface area contributed by atoms with Gasteiger partial charge in [0.25, 0.3) is 0 Å². The van der Waals surface area contributed by atoms with Crippen molar-refractivity contribution in [2.45, 2.75) is 0 Å². The van der Waals surface area contributed by atoms with Crippen LogP contribution >= 0.6 is 8.37 Å². The third-order valence-corrected chi connectivity index (χ3v) is 2.47. The summed E-state index contributed by atoms with van der Waals surface area (Å²) >= 11 is 0. The van der Waals surface area contributed by atoms with E-state index in [9.17, 15) is 0 Å². The van der Waals surface area contributed by atoms with Gasteiger partial charge in [-0.1, -0.05) is 0 Å². The molecule has 0 rings (SSSR count). The second kappa shape index (κ2) is 4.21.